The van der Waals surface area contributed by atoms with Crippen LogP contribution in [0.4, 0.5) is 0 Å². The second-order valence-corrected chi connectivity index (χ2v) is 6.32. The SMILES string of the molecule is O=C(C=Cc1ccccc1)NNC(=O)COc1ccc(OCc2ccccc2)cc1. The molecular weight excluding hydrogens is 380 g/mol. The molecule has 0 saturated carbocycles. The molecule has 0 saturated heterocycles. The fourth-order valence-electron chi connectivity index (χ4n) is 2.47. The Morgan fingerprint density at radius 2 is 1.33 bits per heavy atom. The van der Waals surface area contributed by atoms with Crippen molar-refractivity contribution in [2.75, 3.05) is 6.61 Å². The lowest BCUT2D eigenvalue weighted by Crippen LogP contribution is -2.43. The Labute approximate surface area is 175 Å². The molecule has 30 heavy (non-hydrogen) atoms. The molecule has 0 aliphatic rings. The molecule has 0 radical (unpaired) electrons. The van der Waals surface area contributed by atoms with Gasteiger partial charge < -0.3 is 9.47 Å². The Hall–Kier alpha value is -4.06. The van der Waals surface area contributed by atoms with Crippen molar-refractivity contribution in [3.63, 3.8) is 0 Å². The summed E-state index contributed by atoms with van der Waals surface area (Å²) in [6.45, 7) is 0.245. The molecule has 3 rings (SSSR count). The van der Waals surface area contributed by atoms with Crippen molar-refractivity contribution in [3.05, 3.63) is 102 Å². The number of rotatable bonds is 8. The Morgan fingerprint density at radius 1 is 0.733 bits per heavy atom. The van der Waals surface area contributed by atoms with Crippen LogP contribution in [0.3, 0.4) is 0 Å². The highest BCUT2D eigenvalue weighted by Crippen LogP contribution is 2.18. The van der Waals surface area contributed by atoms with Gasteiger partial charge in [-0.3, -0.25) is 20.4 Å². The van der Waals surface area contributed by atoms with Crippen LogP contribution in [0.2, 0.25) is 0 Å². The van der Waals surface area contributed by atoms with Gasteiger partial charge in [-0.25, -0.2) is 0 Å². The fraction of sp³-hybridized carbons (Fsp3) is 0.0833. The quantitative estimate of drug-likeness (QED) is 0.447. The van der Waals surface area contributed by atoms with E-state index in [0.29, 0.717) is 18.1 Å². The summed E-state index contributed by atoms with van der Waals surface area (Å²) in [6, 6.07) is 26.2. The van der Waals surface area contributed by atoms with E-state index in [4.69, 9.17) is 9.47 Å². The molecular formula is C24H22N2O4. The summed E-state index contributed by atoms with van der Waals surface area (Å²) in [7, 11) is 0. The van der Waals surface area contributed by atoms with Crippen LogP contribution in [0.25, 0.3) is 6.08 Å². The van der Waals surface area contributed by atoms with Crippen LogP contribution in [0.15, 0.2) is 91.0 Å². The Kier molecular flexibility index (Phi) is 7.62. The topological polar surface area (TPSA) is 76.7 Å². The predicted molar refractivity (Wildman–Crippen MR) is 114 cm³/mol. The maximum atomic E-state index is 11.8. The first-order valence-electron chi connectivity index (χ1n) is 9.40. The number of carbonyl (C=O) groups excluding carboxylic acids is 2. The lowest BCUT2D eigenvalue weighted by molar-refractivity contribution is -0.128. The summed E-state index contributed by atoms with van der Waals surface area (Å²) in [5.74, 6) is 0.314. The van der Waals surface area contributed by atoms with E-state index < -0.39 is 11.8 Å². The summed E-state index contributed by atoms with van der Waals surface area (Å²) >= 11 is 0. The normalized spacial score (nSPS) is 10.4. The number of hydrogen-bond donors (Lipinski definition) is 2. The maximum Gasteiger partial charge on any atom is 0.276 e. The second kappa shape index (κ2) is 11.1. The largest absolute Gasteiger partial charge is 0.489 e. The van der Waals surface area contributed by atoms with Gasteiger partial charge in [-0.15, -0.1) is 0 Å². The molecule has 0 aliphatic carbocycles. The first-order chi connectivity index (χ1) is 14.7. The van der Waals surface area contributed by atoms with E-state index in [9.17, 15) is 9.59 Å². The van der Waals surface area contributed by atoms with Crippen molar-refractivity contribution < 1.29 is 19.1 Å². The lowest BCUT2D eigenvalue weighted by atomic mass is 10.2. The molecule has 3 aromatic rings. The highest BCUT2D eigenvalue weighted by Gasteiger charge is 2.04. The molecule has 0 spiro atoms. The van der Waals surface area contributed by atoms with E-state index in [1.807, 2.05) is 60.7 Å². The van der Waals surface area contributed by atoms with Gasteiger partial charge in [0.25, 0.3) is 11.8 Å². The molecule has 0 heterocycles. The molecule has 0 bridgehead atoms. The van der Waals surface area contributed by atoms with Crippen molar-refractivity contribution in [3.8, 4) is 11.5 Å². The van der Waals surface area contributed by atoms with Crippen LogP contribution in [0.5, 0.6) is 11.5 Å². The minimum Gasteiger partial charge on any atom is -0.489 e. The van der Waals surface area contributed by atoms with Crippen molar-refractivity contribution in [2.45, 2.75) is 6.61 Å². The summed E-state index contributed by atoms with van der Waals surface area (Å²) < 4.78 is 11.1. The van der Waals surface area contributed by atoms with E-state index in [-0.39, 0.29) is 6.61 Å². The zero-order valence-electron chi connectivity index (χ0n) is 16.3. The Morgan fingerprint density at radius 3 is 2.00 bits per heavy atom. The molecule has 0 aliphatic heterocycles. The van der Waals surface area contributed by atoms with Gasteiger partial charge in [-0.1, -0.05) is 60.7 Å². The number of benzene rings is 3. The number of hydrazine groups is 1. The van der Waals surface area contributed by atoms with Gasteiger partial charge >= 0.3 is 0 Å². The van der Waals surface area contributed by atoms with Crippen molar-refractivity contribution in [2.24, 2.45) is 0 Å². The van der Waals surface area contributed by atoms with E-state index in [0.717, 1.165) is 11.1 Å². The zero-order chi connectivity index (χ0) is 21.0. The molecule has 0 atom stereocenters. The minimum atomic E-state index is -0.471. The molecule has 0 aromatic heterocycles. The molecule has 6 nitrogen and oxygen atoms in total. The molecule has 2 amide bonds. The van der Waals surface area contributed by atoms with Crippen molar-refractivity contribution in [1.29, 1.82) is 0 Å². The Balaban J connectivity index is 1.36. The van der Waals surface area contributed by atoms with Crippen LogP contribution in [-0.4, -0.2) is 18.4 Å². The average molecular weight is 402 g/mol. The first-order valence-corrected chi connectivity index (χ1v) is 9.40. The van der Waals surface area contributed by atoms with Crippen molar-refractivity contribution in [1.82, 2.24) is 10.9 Å². The summed E-state index contributed by atoms with van der Waals surface area (Å²) in [4.78, 5) is 23.6. The van der Waals surface area contributed by atoms with Crippen LogP contribution in [0.1, 0.15) is 11.1 Å². The monoisotopic (exact) mass is 402 g/mol. The molecule has 2 N–H and O–H groups in total. The number of hydrogen-bond acceptors (Lipinski definition) is 4. The third kappa shape index (κ3) is 7.16. The van der Waals surface area contributed by atoms with E-state index in [2.05, 4.69) is 10.9 Å². The van der Waals surface area contributed by atoms with Gasteiger partial charge in [-0.2, -0.15) is 0 Å². The summed E-state index contributed by atoms with van der Waals surface area (Å²) in [5.41, 5.74) is 6.57. The van der Waals surface area contributed by atoms with Gasteiger partial charge in [0.1, 0.15) is 18.1 Å². The van der Waals surface area contributed by atoms with Crippen LogP contribution in [0, 0.1) is 0 Å². The van der Waals surface area contributed by atoms with Gasteiger partial charge in [0.05, 0.1) is 0 Å². The smallest absolute Gasteiger partial charge is 0.276 e. The first kappa shape index (κ1) is 20.7. The summed E-state index contributed by atoms with van der Waals surface area (Å²) in [6.07, 6.45) is 2.99. The van der Waals surface area contributed by atoms with Gasteiger partial charge in [0, 0.05) is 6.08 Å². The number of carbonyl (C=O) groups is 2. The summed E-state index contributed by atoms with van der Waals surface area (Å²) in [5, 5.41) is 0. The fourth-order valence-corrected chi connectivity index (χ4v) is 2.47. The highest BCUT2D eigenvalue weighted by atomic mass is 16.5. The minimum absolute atomic E-state index is 0.229. The standard InChI is InChI=1S/C24H22N2O4/c27-23(16-11-19-7-3-1-4-8-19)25-26-24(28)18-30-22-14-12-21(13-15-22)29-17-20-9-5-2-6-10-20/h1-16H,17-18H2,(H,25,27)(H,26,28). The number of ether oxygens (including phenoxy) is 2. The lowest BCUT2D eigenvalue weighted by Gasteiger charge is -2.09. The van der Waals surface area contributed by atoms with Crippen LogP contribution < -0.4 is 20.3 Å². The van der Waals surface area contributed by atoms with E-state index in [1.165, 1.54) is 6.08 Å². The molecule has 3 aromatic carbocycles. The molecule has 6 heteroatoms. The highest BCUT2D eigenvalue weighted by molar-refractivity contribution is 5.93. The maximum absolute atomic E-state index is 11.8. The van der Waals surface area contributed by atoms with E-state index >= 15 is 0 Å². The van der Waals surface area contributed by atoms with Gasteiger partial charge in [-0.05, 0) is 41.5 Å². The van der Waals surface area contributed by atoms with Crippen molar-refractivity contribution >= 4 is 17.9 Å². The van der Waals surface area contributed by atoms with Gasteiger partial charge in [0.2, 0.25) is 0 Å². The average Bonchev–Trinajstić information content (AvgIpc) is 2.80. The number of nitrogens with one attached hydrogen (secondary N) is 2. The second-order valence-electron chi connectivity index (χ2n) is 6.32. The van der Waals surface area contributed by atoms with Crippen LogP contribution in [-0.2, 0) is 16.2 Å². The molecule has 0 unspecified atom stereocenters. The van der Waals surface area contributed by atoms with Gasteiger partial charge in [0.15, 0.2) is 6.61 Å². The third-order valence-electron chi connectivity index (χ3n) is 3.99. The molecule has 0 fully saturated rings. The third-order valence-corrected chi connectivity index (χ3v) is 3.99. The van der Waals surface area contributed by atoms with Crippen LogP contribution >= 0.6 is 0 Å². The molecule has 152 valence electrons. The zero-order valence-corrected chi connectivity index (χ0v) is 16.3. The van der Waals surface area contributed by atoms with E-state index in [1.54, 1.807) is 30.3 Å². The Bertz CT molecular complexity index is 971. The predicted octanol–water partition coefficient (Wildman–Crippen LogP) is 3.51. The number of amides is 2.